The average Bonchev–Trinajstić information content (AvgIpc) is 3.20. The molecule has 2 aliphatic rings. The Morgan fingerprint density at radius 2 is 1.50 bits per heavy atom. The Hall–Kier alpha value is -4.01. The van der Waals surface area contributed by atoms with Gasteiger partial charge in [0.1, 0.15) is 6.54 Å². The summed E-state index contributed by atoms with van der Waals surface area (Å²) in [4.78, 5) is 63.1. The first-order valence-electron chi connectivity index (χ1n) is 9.22. The molecule has 2 aromatic rings. The highest BCUT2D eigenvalue weighted by Crippen LogP contribution is 2.22. The fourth-order valence-corrected chi connectivity index (χ4v) is 3.43. The third-order valence-electron chi connectivity index (χ3n) is 4.92. The van der Waals surface area contributed by atoms with Crippen molar-refractivity contribution in [2.45, 2.75) is 6.04 Å². The summed E-state index contributed by atoms with van der Waals surface area (Å²) in [6, 6.07) is 14.4. The van der Waals surface area contributed by atoms with Crippen molar-refractivity contribution >= 4 is 29.7 Å². The number of imide groups is 2. The lowest BCUT2D eigenvalue weighted by molar-refractivity contribution is -0.127. The molecule has 0 radical (unpaired) electrons. The van der Waals surface area contributed by atoms with Crippen LogP contribution in [0.1, 0.15) is 32.3 Å². The quantitative estimate of drug-likeness (QED) is 0.718. The van der Waals surface area contributed by atoms with Gasteiger partial charge in [0.25, 0.3) is 17.7 Å². The first-order chi connectivity index (χ1) is 14.5. The van der Waals surface area contributed by atoms with E-state index in [1.54, 1.807) is 42.5 Å². The van der Waals surface area contributed by atoms with Crippen molar-refractivity contribution in [1.82, 2.24) is 15.1 Å². The number of carbonyl (C=O) groups excluding carboxylic acids is 5. The van der Waals surface area contributed by atoms with Crippen LogP contribution >= 0.6 is 0 Å². The maximum absolute atomic E-state index is 12.7. The summed E-state index contributed by atoms with van der Waals surface area (Å²) in [5, 5.41) is 2.71. The summed E-state index contributed by atoms with van der Waals surface area (Å²) in [5.74, 6) is -2.19. The molecule has 0 bridgehead atoms. The van der Waals surface area contributed by atoms with Gasteiger partial charge < -0.3 is 10.1 Å². The number of ether oxygens (including phenoxy) is 1. The molecule has 1 N–H and O–H groups in total. The molecule has 2 aliphatic heterocycles. The zero-order valence-electron chi connectivity index (χ0n) is 15.7. The third-order valence-corrected chi connectivity index (χ3v) is 4.92. The van der Waals surface area contributed by atoms with Crippen molar-refractivity contribution in [3.63, 3.8) is 0 Å². The number of fused-ring (bicyclic) bond motifs is 1. The van der Waals surface area contributed by atoms with E-state index < -0.39 is 42.3 Å². The fraction of sp³-hybridized carbons (Fsp3) is 0.190. The third kappa shape index (κ3) is 3.52. The van der Waals surface area contributed by atoms with Crippen LogP contribution in [0.5, 0.6) is 0 Å². The highest BCUT2D eigenvalue weighted by molar-refractivity contribution is 6.22. The lowest BCUT2D eigenvalue weighted by Gasteiger charge is -2.24. The molecule has 0 spiro atoms. The topological polar surface area (TPSA) is 113 Å². The van der Waals surface area contributed by atoms with Gasteiger partial charge in [-0.3, -0.25) is 24.1 Å². The first-order valence-corrected chi connectivity index (χ1v) is 9.22. The molecule has 0 saturated carbocycles. The van der Waals surface area contributed by atoms with E-state index in [2.05, 4.69) is 5.32 Å². The summed E-state index contributed by atoms with van der Waals surface area (Å²) in [6.45, 7) is -0.951. The molecule has 152 valence electrons. The molecule has 9 nitrogen and oxygen atoms in total. The van der Waals surface area contributed by atoms with E-state index in [1.165, 1.54) is 12.1 Å². The summed E-state index contributed by atoms with van der Waals surface area (Å²) in [7, 11) is 0. The molecule has 30 heavy (non-hydrogen) atoms. The van der Waals surface area contributed by atoms with Crippen molar-refractivity contribution in [3.8, 4) is 0 Å². The largest absolute Gasteiger partial charge is 0.439 e. The van der Waals surface area contributed by atoms with Gasteiger partial charge >= 0.3 is 6.09 Å². The van der Waals surface area contributed by atoms with Gasteiger partial charge in [-0.25, -0.2) is 9.69 Å². The van der Waals surface area contributed by atoms with E-state index in [0.29, 0.717) is 5.56 Å². The molecule has 1 fully saturated rings. The van der Waals surface area contributed by atoms with Crippen LogP contribution in [-0.2, 0) is 14.3 Å². The Balaban J connectivity index is 1.50. The summed E-state index contributed by atoms with van der Waals surface area (Å²) >= 11 is 0. The molecule has 4 rings (SSSR count). The SMILES string of the molecule is O=C(CN1C(=O)c2ccccc2C1=O)NC(CN1C(=O)COC1=O)c1ccccc1. The van der Waals surface area contributed by atoms with Gasteiger partial charge in [0.15, 0.2) is 6.61 Å². The standard InChI is InChI=1S/C21H17N3O6/c25-17(11-24-19(27)14-8-4-5-9-15(14)20(24)28)22-16(13-6-2-1-3-7-13)10-23-18(26)12-30-21(23)29/h1-9,16H,10-12H2,(H,22,25). The van der Waals surface area contributed by atoms with E-state index in [1.807, 2.05) is 0 Å². The number of hydrogen-bond acceptors (Lipinski definition) is 6. The van der Waals surface area contributed by atoms with Gasteiger partial charge in [0.05, 0.1) is 23.7 Å². The van der Waals surface area contributed by atoms with Crippen LogP contribution in [0.25, 0.3) is 0 Å². The molecule has 1 saturated heterocycles. The highest BCUT2D eigenvalue weighted by Gasteiger charge is 2.37. The number of amides is 5. The van der Waals surface area contributed by atoms with Gasteiger partial charge in [0.2, 0.25) is 5.91 Å². The van der Waals surface area contributed by atoms with Gasteiger partial charge in [-0.2, -0.15) is 0 Å². The number of benzene rings is 2. The van der Waals surface area contributed by atoms with Gasteiger partial charge in [0, 0.05) is 0 Å². The summed E-state index contributed by atoms with van der Waals surface area (Å²) < 4.78 is 4.72. The number of cyclic esters (lactones) is 1. The van der Waals surface area contributed by atoms with Crippen LogP contribution < -0.4 is 5.32 Å². The Kier molecular flexibility index (Phi) is 5.01. The van der Waals surface area contributed by atoms with Crippen LogP contribution in [0.15, 0.2) is 54.6 Å². The Labute approximate surface area is 171 Å². The minimum Gasteiger partial charge on any atom is -0.439 e. The maximum atomic E-state index is 12.7. The molecule has 2 aromatic carbocycles. The van der Waals surface area contributed by atoms with Gasteiger partial charge in [-0.05, 0) is 17.7 Å². The first kappa shape index (κ1) is 19.3. The summed E-state index contributed by atoms with van der Waals surface area (Å²) in [6.07, 6.45) is -0.782. The van der Waals surface area contributed by atoms with E-state index in [9.17, 15) is 24.0 Å². The van der Waals surface area contributed by atoms with Crippen molar-refractivity contribution < 1.29 is 28.7 Å². The molecular formula is C21H17N3O6. The minimum atomic E-state index is -0.782. The van der Waals surface area contributed by atoms with Crippen LogP contribution in [-0.4, -0.2) is 59.2 Å². The van der Waals surface area contributed by atoms with E-state index >= 15 is 0 Å². The molecule has 1 atom stereocenters. The Morgan fingerprint density at radius 1 is 0.900 bits per heavy atom. The van der Waals surface area contributed by atoms with Crippen molar-refractivity contribution in [3.05, 3.63) is 71.3 Å². The normalized spacial score (nSPS) is 16.5. The lowest BCUT2D eigenvalue weighted by atomic mass is 10.1. The lowest BCUT2D eigenvalue weighted by Crippen LogP contribution is -2.45. The zero-order chi connectivity index (χ0) is 21.3. The van der Waals surface area contributed by atoms with Crippen LogP contribution in [0, 0.1) is 0 Å². The minimum absolute atomic E-state index is 0.129. The maximum Gasteiger partial charge on any atom is 0.417 e. The number of hydrogen-bond donors (Lipinski definition) is 1. The number of rotatable bonds is 6. The molecular weight excluding hydrogens is 390 g/mol. The molecule has 1 unspecified atom stereocenters. The van der Waals surface area contributed by atoms with Crippen LogP contribution in [0.2, 0.25) is 0 Å². The van der Waals surface area contributed by atoms with Crippen LogP contribution in [0.4, 0.5) is 4.79 Å². The number of nitrogens with one attached hydrogen (secondary N) is 1. The molecule has 0 aromatic heterocycles. The van der Waals surface area contributed by atoms with E-state index in [4.69, 9.17) is 4.74 Å². The smallest absolute Gasteiger partial charge is 0.417 e. The Bertz CT molecular complexity index is 1000. The van der Waals surface area contributed by atoms with Crippen LogP contribution in [0.3, 0.4) is 0 Å². The number of nitrogens with zero attached hydrogens (tertiary/aromatic N) is 2. The average molecular weight is 407 g/mol. The van der Waals surface area contributed by atoms with Crippen molar-refractivity contribution in [1.29, 1.82) is 0 Å². The second kappa shape index (κ2) is 7.78. The molecule has 2 heterocycles. The Morgan fingerprint density at radius 3 is 2.07 bits per heavy atom. The predicted octanol–water partition coefficient (Wildman–Crippen LogP) is 1.12. The van der Waals surface area contributed by atoms with Gasteiger partial charge in [-0.1, -0.05) is 42.5 Å². The van der Waals surface area contributed by atoms with Crippen molar-refractivity contribution in [2.75, 3.05) is 19.7 Å². The second-order valence-corrected chi connectivity index (χ2v) is 6.83. The van der Waals surface area contributed by atoms with Crippen molar-refractivity contribution in [2.24, 2.45) is 0 Å². The van der Waals surface area contributed by atoms with E-state index in [-0.39, 0.29) is 24.3 Å². The zero-order valence-corrected chi connectivity index (χ0v) is 15.7. The van der Waals surface area contributed by atoms with Gasteiger partial charge in [-0.15, -0.1) is 0 Å². The van der Waals surface area contributed by atoms with E-state index in [0.717, 1.165) is 9.80 Å². The summed E-state index contributed by atoms with van der Waals surface area (Å²) in [5.41, 5.74) is 1.15. The molecule has 5 amide bonds. The molecule has 0 aliphatic carbocycles. The predicted molar refractivity (Wildman–Crippen MR) is 102 cm³/mol. The molecule has 9 heteroatoms. The number of carbonyl (C=O) groups is 5. The fourth-order valence-electron chi connectivity index (χ4n) is 3.43. The second-order valence-electron chi connectivity index (χ2n) is 6.83. The highest BCUT2D eigenvalue weighted by atomic mass is 16.6. The monoisotopic (exact) mass is 407 g/mol.